The lowest BCUT2D eigenvalue weighted by atomic mass is 9.97. The number of benzene rings is 2. The maximum Gasteiger partial charge on any atom is 0.148 e. The van der Waals surface area contributed by atoms with Crippen LogP contribution in [0.1, 0.15) is 22.7 Å². The molecule has 0 aliphatic carbocycles. The van der Waals surface area contributed by atoms with Gasteiger partial charge in [-0.25, -0.2) is 13.2 Å². The number of halogens is 5. The highest BCUT2D eigenvalue weighted by molar-refractivity contribution is 9.10. The van der Waals surface area contributed by atoms with Crippen LogP contribution in [0.2, 0.25) is 5.02 Å². The monoisotopic (exact) mass is 363 g/mol. The Kier molecular flexibility index (Phi) is 4.42. The molecular formula is C14H10BrClF3N. The standard InChI is InChI=1S/C14H10BrClF3N/c1-6-4-8(11(18)5-10(6)17)14(20)7-2-3-9(15)12(16)13(7)19/h2-5,14H,20H2,1H3. The molecule has 0 heterocycles. The van der Waals surface area contributed by atoms with Gasteiger partial charge in [-0.1, -0.05) is 17.7 Å². The van der Waals surface area contributed by atoms with Crippen LogP contribution in [0, 0.1) is 24.4 Å². The van der Waals surface area contributed by atoms with E-state index >= 15 is 0 Å². The first-order chi connectivity index (χ1) is 9.32. The molecule has 1 unspecified atom stereocenters. The largest absolute Gasteiger partial charge is 0.320 e. The molecule has 0 saturated carbocycles. The van der Waals surface area contributed by atoms with Crippen LogP contribution in [0.3, 0.4) is 0 Å². The van der Waals surface area contributed by atoms with Crippen molar-refractivity contribution in [1.29, 1.82) is 0 Å². The summed E-state index contributed by atoms with van der Waals surface area (Å²) in [6, 6.07) is 3.87. The van der Waals surface area contributed by atoms with E-state index in [1.807, 2.05) is 0 Å². The van der Waals surface area contributed by atoms with E-state index in [2.05, 4.69) is 15.9 Å². The van der Waals surface area contributed by atoms with Crippen molar-refractivity contribution < 1.29 is 13.2 Å². The van der Waals surface area contributed by atoms with E-state index in [1.54, 1.807) is 0 Å². The molecule has 0 aliphatic heterocycles. The van der Waals surface area contributed by atoms with Gasteiger partial charge in [0.15, 0.2) is 0 Å². The SMILES string of the molecule is Cc1cc(C(N)c2ccc(Br)c(Cl)c2F)c(F)cc1F. The van der Waals surface area contributed by atoms with Gasteiger partial charge in [0.2, 0.25) is 0 Å². The number of hydrogen-bond donors (Lipinski definition) is 1. The van der Waals surface area contributed by atoms with Crippen molar-refractivity contribution in [2.24, 2.45) is 5.73 Å². The minimum Gasteiger partial charge on any atom is -0.320 e. The molecule has 0 bridgehead atoms. The summed E-state index contributed by atoms with van der Waals surface area (Å²) >= 11 is 8.86. The molecule has 20 heavy (non-hydrogen) atoms. The predicted molar refractivity (Wildman–Crippen MR) is 76.2 cm³/mol. The molecule has 1 atom stereocenters. The summed E-state index contributed by atoms with van der Waals surface area (Å²) < 4.78 is 41.5. The first-order valence-corrected chi connectivity index (χ1v) is 6.84. The minimum absolute atomic E-state index is 0.0150. The summed E-state index contributed by atoms with van der Waals surface area (Å²) in [5, 5.41) is -0.128. The van der Waals surface area contributed by atoms with E-state index in [1.165, 1.54) is 25.1 Å². The molecular weight excluding hydrogens is 355 g/mol. The van der Waals surface area contributed by atoms with Crippen LogP contribution in [0.15, 0.2) is 28.7 Å². The van der Waals surface area contributed by atoms with Gasteiger partial charge in [0.1, 0.15) is 17.5 Å². The molecule has 0 amide bonds. The van der Waals surface area contributed by atoms with Crippen LogP contribution >= 0.6 is 27.5 Å². The van der Waals surface area contributed by atoms with E-state index < -0.39 is 23.5 Å². The zero-order chi connectivity index (χ0) is 15.0. The lowest BCUT2D eigenvalue weighted by molar-refractivity contribution is 0.553. The molecule has 0 saturated heterocycles. The Morgan fingerprint density at radius 2 is 1.75 bits per heavy atom. The molecule has 0 aliphatic rings. The molecule has 2 aromatic rings. The Morgan fingerprint density at radius 1 is 1.10 bits per heavy atom. The van der Waals surface area contributed by atoms with Crippen LogP contribution in [0.4, 0.5) is 13.2 Å². The highest BCUT2D eigenvalue weighted by Gasteiger charge is 2.21. The maximum absolute atomic E-state index is 14.1. The average Bonchev–Trinajstić information content (AvgIpc) is 2.40. The van der Waals surface area contributed by atoms with Crippen molar-refractivity contribution in [3.8, 4) is 0 Å². The molecule has 2 N–H and O–H groups in total. The second-order valence-electron chi connectivity index (χ2n) is 4.37. The van der Waals surface area contributed by atoms with E-state index in [0.717, 1.165) is 6.07 Å². The van der Waals surface area contributed by atoms with Crippen molar-refractivity contribution in [1.82, 2.24) is 0 Å². The third kappa shape index (κ3) is 2.71. The fourth-order valence-electron chi connectivity index (χ4n) is 1.87. The number of nitrogens with two attached hydrogens (primary N) is 1. The minimum atomic E-state index is -1.07. The van der Waals surface area contributed by atoms with Crippen molar-refractivity contribution in [3.05, 3.63) is 67.9 Å². The Hall–Kier alpha value is -1.04. The van der Waals surface area contributed by atoms with Gasteiger partial charge in [-0.15, -0.1) is 0 Å². The van der Waals surface area contributed by atoms with Crippen molar-refractivity contribution in [3.63, 3.8) is 0 Å². The smallest absolute Gasteiger partial charge is 0.148 e. The summed E-state index contributed by atoms with van der Waals surface area (Å²) in [7, 11) is 0. The second kappa shape index (κ2) is 5.76. The fraction of sp³-hybridized carbons (Fsp3) is 0.143. The Morgan fingerprint density at radius 3 is 2.40 bits per heavy atom. The molecule has 106 valence electrons. The summed E-state index contributed by atoms with van der Waals surface area (Å²) in [5.41, 5.74) is 6.18. The van der Waals surface area contributed by atoms with Gasteiger partial charge in [-0.3, -0.25) is 0 Å². The Balaban J connectivity index is 2.55. The zero-order valence-electron chi connectivity index (χ0n) is 10.4. The highest BCUT2D eigenvalue weighted by atomic mass is 79.9. The van der Waals surface area contributed by atoms with Crippen LogP contribution in [-0.4, -0.2) is 0 Å². The van der Waals surface area contributed by atoms with Gasteiger partial charge >= 0.3 is 0 Å². The zero-order valence-corrected chi connectivity index (χ0v) is 12.7. The van der Waals surface area contributed by atoms with Crippen LogP contribution in [-0.2, 0) is 0 Å². The lowest BCUT2D eigenvalue weighted by Gasteiger charge is -2.16. The fourth-order valence-corrected chi connectivity index (χ4v) is 2.34. The maximum atomic E-state index is 14.1. The summed E-state index contributed by atoms with van der Waals surface area (Å²) in [4.78, 5) is 0. The summed E-state index contributed by atoms with van der Waals surface area (Å²) in [6.45, 7) is 1.48. The van der Waals surface area contributed by atoms with Gasteiger partial charge in [-0.05, 0) is 40.5 Å². The quantitative estimate of drug-likeness (QED) is 0.756. The van der Waals surface area contributed by atoms with E-state index in [-0.39, 0.29) is 21.7 Å². The highest BCUT2D eigenvalue weighted by Crippen LogP contribution is 2.33. The summed E-state index contributed by atoms with van der Waals surface area (Å²) in [6.07, 6.45) is 0. The van der Waals surface area contributed by atoms with Crippen LogP contribution < -0.4 is 5.73 Å². The van der Waals surface area contributed by atoms with Gasteiger partial charge in [0.25, 0.3) is 0 Å². The van der Waals surface area contributed by atoms with Gasteiger partial charge < -0.3 is 5.73 Å². The molecule has 1 nitrogen and oxygen atoms in total. The average molecular weight is 365 g/mol. The van der Waals surface area contributed by atoms with E-state index in [0.29, 0.717) is 4.47 Å². The van der Waals surface area contributed by atoms with Crippen molar-refractivity contribution in [2.45, 2.75) is 13.0 Å². The first kappa shape index (κ1) is 15.4. The second-order valence-corrected chi connectivity index (χ2v) is 5.60. The molecule has 0 fully saturated rings. The lowest BCUT2D eigenvalue weighted by Crippen LogP contribution is -2.16. The number of rotatable bonds is 2. The van der Waals surface area contributed by atoms with Crippen molar-refractivity contribution in [2.75, 3.05) is 0 Å². The third-order valence-corrected chi connectivity index (χ3v) is 4.27. The van der Waals surface area contributed by atoms with Crippen LogP contribution in [0.25, 0.3) is 0 Å². The van der Waals surface area contributed by atoms with Gasteiger partial charge in [0.05, 0.1) is 11.1 Å². The Labute approximate surface area is 127 Å². The molecule has 0 spiro atoms. The van der Waals surface area contributed by atoms with Gasteiger partial charge in [-0.2, -0.15) is 0 Å². The van der Waals surface area contributed by atoms with Crippen molar-refractivity contribution >= 4 is 27.5 Å². The third-order valence-electron chi connectivity index (χ3n) is 3.01. The first-order valence-electron chi connectivity index (χ1n) is 5.67. The van der Waals surface area contributed by atoms with E-state index in [4.69, 9.17) is 17.3 Å². The predicted octanol–water partition coefficient (Wildman–Crippen LogP) is 4.88. The normalized spacial score (nSPS) is 12.6. The topological polar surface area (TPSA) is 26.0 Å². The summed E-state index contributed by atoms with van der Waals surface area (Å²) in [5.74, 6) is -2.22. The molecule has 0 radical (unpaired) electrons. The molecule has 6 heteroatoms. The van der Waals surface area contributed by atoms with Gasteiger partial charge in [0, 0.05) is 21.7 Å². The number of hydrogen-bond acceptors (Lipinski definition) is 1. The molecule has 2 rings (SSSR count). The van der Waals surface area contributed by atoms with E-state index in [9.17, 15) is 13.2 Å². The Bertz CT molecular complexity index is 674. The number of aryl methyl sites for hydroxylation is 1. The molecule has 0 aromatic heterocycles. The molecule has 2 aromatic carbocycles. The van der Waals surface area contributed by atoms with Crippen LogP contribution in [0.5, 0.6) is 0 Å².